The van der Waals surface area contributed by atoms with Crippen LogP contribution in [0.15, 0.2) is 71.6 Å². The van der Waals surface area contributed by atoms with Gasteiger partial charge in [-0.3, -0.25) is 9.62 Å². The number of aromatic carboxylic acids is 1. The SMILES string of the molecule is Cc1ccccc1S(=O)(=O)Nc1cc(C(=O)O)ccc1N1CCN(Cc2ccccc2F)CC1.O=C(O)C(F)(F)F. The van der Waals surface area contributed by atoms with Gasteiger partial charge in [-0.15, -0.1) is 0 Å². The number of sulfonamides is 1. The van der Waals surface area contributed by atoms with Crippen LogP contribution >= 0.6 is 0 Å². The van der Waals surface area contributed by atoms with Gasteiger partial charge in [0.2, 0.25) is 0 Å². The fraction of sp³-hybridized carbons (Fsp3) is 0.259. The topological polar surface area (TPSA) is 127 Å². The van der Waals surface area contributed by atoms with E-state index in [1.54, 1.807) is 43.3 Å². The lowest BCUT2D eigenvalue weighted by atomic mass is 10.1. The van der Waals surface area contributed by atoms with Gasteiger partial charge in [-0.05, 0) is 42.8 Å². The zero-order valence-corrected chi connectivity index (χ0v) is 22.5. The molecular weight excluding hydrogens is 570 g/mol. The zero-order chi connectivity index (χ0) is 30.4. The first-order chi connectivity index (χ1) is 19.2. The smallest absolute Gasteiger partial charge is 0.478 e. The summed E-state index contributed by atoms with van der Waals surface area (Å²) in [6.07, 6.45) is -5.08. The van der Waals surface area contributed by atoms with Crippen molar-refractivity contribution in [3.8, 4) is 0 Å². The first-order valence-corrected chi connectivity index (χ1v) is 13.6. The molecule has 1 aliphatic heterocycles. The fourth-order valence-electron chi connectivity index (χ4n) is 4.10. The molecule has 3 aromatic rings. The first kappa shape index (κ1) is 31.4. The van der Waals surface area contributed by atoms with Crippen molar-refractivity contribution >= 4 is 33.3 Å². The molecular formula is C27H27F4N3O6S. The van der Waals surface area contributed by atoms with Gasteiger partial charge in [0.05, 0.1) is 21.8 Å². The number of nitrogens with zero attached hydrogens (tertiary/aromatic N) is 2. The van der Waals surface area contributed by atoms with Crippen molar-refractivity contribution in [3.63, 3.8) is 0 Å². The molecule has 14 heteroatoms. The molecule has 3 N–H and O–H groups in total. The lowest BCUT2D eigenvalue weighted by Crippen LogP contribution is -2.46. The number of hydrogen-bond acceptors (Lipinski definition) is 6. The quantitative estimate of drug-likeness (QED) is 0.338. The third-order valence-electron chi connectivity index (χ3n) is 6.18. The molecule has 41 heavy (non-hydrogen) atoms. The molecule has 1 aliphatic rings. The molecule has 0 saturated carbocycles. The Bertz CT molecular complexity index is 1510. The minimum absolute atomic E-state index is 0.00979. The van der Waals surface area contributed by atoms with Gasteiger partial charge in [0.1, 0.15) is 5.82 Å². The molecule has 0 aliphatic carbocycles. The van der Waals surface area contributed by atoms with Crippen LogP contribution in [0.3, 0.4) is 0 Å². The van der Waals surface area contributed by atoms with Crippen LogP contribution in [0.1, 0.15) is 21.5 Å². The molecule has 0 amide bonds. The second-order valence-electron chi connectivity index (χ2n) is 9.07. The number of rotatable bonds is 7. The highest BCUT2D eigenvalue weighted by Gasteiger charge is 2.38. The number of alkyl halides is 3. The summed E-state index contributed by atoms with van der Waals surface area (Å²) in [4.78, 5) is 24.7. The van der Waals surface area contributed by atoms with E-state index in [9.17, 15) is 35.9 Å². The number of benzene rings is 3. The lowest BCUT2D eigenvalue weighted by Gasteiger charge is -2.37. The van der Waals surface area contributed by atoms with Crippen molar-refractivity contribution in [2.45, 2.75) is 24.5 Å². The van der Waals surface area contributed by atoms with Crippen molar-refractivity contribution in [2.75, 3.05) is 35.8 Å². The second kappa shape index (κ2) is 13.0. The molecule has 1 fully saturated rings. The minimum atomic E-state index is -5.08. The summed E-state index contributed by atoms with van der Waals surface area (Å²) in [7, 11) is -3.93. The van der Waals surface area contributed by atoms with Crippen LogP contribution in [0.4, 0.5) is 28.9 Å². The van der Waals surface area contributed by atoms with E-state index in [4.69, 9.17) is 9.90 Å². The largest absolute Gasteiger partial charge is 0.490 e. The van der Waals surface area contributed by atoms with E-state index in [1.165, 1.54) is 24.3 Å². The van der Waals surface area contributed by atoms with E-state index >= 15 is 0 Å². The van der Waals surface area contributed by atoms with Crippen LogP contribution < -0.4 is 9.62 Å². The Hall–Kier alpha value is -4.17. The van der Waals surface area contributed by atoms with Crippen LogP contribution in [0.5, 0.6) is 0 Å². The van der Waals surface area contributed by atoms with Gasteiger partial charge < -0.3 is 15.1 Å². The molecule has 0 bridgehead atoms. The van der Waals surface area contributed by atoms with Gasteiger partial charge in [-0.25, -0.2) is 22.4 Å². The van der Waals surface area contributed by atoms with E-state index in [0.29, 0.717) is 49.5 Å². The Morgan fingerprint density at radius 3 is 2.07 bits per heavy atom. The van der Waals surface area contributed by atoms with E-state index in [1.807, 2.05) is 11.0 Å². The summed E-state index contributed by atoms with van der Waals surface area (Å²) in [5, 5.41) is 16.6. The van der Waals surface area contributed by atoms with Crippen molar-refractivity contribution in [1.29, 1.82) is 0 Å². The van der Waals surface area contributed by atoms with Crippen molar-refractivity contribution < 1.29 is 45.8 Å². The van der Waals surface area contributed by atoms with E-state index < -0.39 is 28.1 Å². The summed E-state index contributed by atoms with van der Waals surface area (Å²) in [5.74, 6) is -4.13. The van der Waals surface area contributed by atoms with Crippen LogP contribution in [0, 0.1) is 12.7 Å². The molecule has 4 rings (SSSR count). The highest BCUT2D eigenvalue weighted by Crippen LogP contribution is 2.31. The monoisotopic (exact) mass is 597 g/mol. The normalized spacial score (nSPS) is 14.1. The second-order valence-corrected chi connectivity index (χ2v) is 10.7. The molecule has 220 valence electrons. The number of aryl methyl sites for hydroxylation is 1. The van der Waals surface area contributed by atoms with Crippen molar-refractivity contribution in [1.82, 2.24) is 4.90 Å². The average Bonchev–Trinajstić information content (AvgIpc) is 2.90. The number of halogens is 4. The van der Waals surface area contributed by atoms with Crippen LogP contribution in [0.2, 0.25) is 0 Å². The highest BCUT2D eigenvalue weighted by molar-refractivity contribution is 7.92. The summed E-state index contributed by atoms with van der Waals surface area (Å²) < 4.78 is 74.6. The van der Waals surface area contributed by atoms with Gasteiger partial charge in [-0.1, -0.05) is 36.4 Å². The molecule has 0 atom stereocenters. The Kier molecular flexibility index (Phi) is 9.94. The Labute approximate surface area is 233 Å². The maximum absolute atomic E-state index is 14.0. The molecule has 0 spiro atoms. The van der Waals surface area contributed by atoms with E-state index in [2.05, 4.69) is 9.62 Å². The predicted molar refractivity (Wildman–Crippen MR) is 143 cm³/mol. The lowest BCUT2D eigenvalue weighted by molar-refractivity contribution is -0.192. The Morgan fingerprint density at radius 2 is 1.51 bits per heavy atom. The Balaban J connectivity index is 0.000000587. The van der Waals surface area contributed by atoms with Gasteiger partial charge in [0.15, 0.2) is 0 Å². The van der Waals surface area contributed by atoms with Crippen LogP contribution in [-0.2, 0) is 21.4 Å². The molecule has 1 heterocycles. The number of aliphatic carboxylic acids is 1. The maximum Gasteiger partial charge on any atom is 0.490 e. The van der Waals surface area contributed by atoms with E-state index in [0.717, 1.165) is 0 Å². The van der Waals surface area contributed by atoms with Crippen LogP contribution in [0.25, 0.3) is 0 Å². The third kappa shape index (κ3) is 8.41. The van der Waals surface area contributed by atoms with Crippen molar-refractivity contribution in [3.05, 3.63) is 89.2 Å². The number of carboxylic acid groups (broad SMARTS) is 2. The minimum Gasteiger partial charge on any atom is -0.478 e. The molecule has 0 aromatic heterocycles. The number of piperazine rings is 1. The zero-order valence-electron chi connectivity index (χ0n) is 21.7. The van der Waals surface area contributed by atoms with Gasteiger partial charge in [-0.2, -0.15) is 13.2 Å². The van der Waals surface area contributed by atoms with Gasteiger partial charge in [0.25, 0.3) is 10.0 Å². The molecule has 0 unspecified atom stereocenters. The summed E-state index contributed by atoms with van der Waals surface area (Å²) in [5.41, 5.74) is 2.03. The Morgan fingerprint density at radius 1 is 0.927 bits per heavy atom. The molecule has 9 nitrogen and oxygen atoms in total. The number of hydrogen-bond donors (Lipinski definition) is 3. The van der Waals surface area contributed by atoms with Gasteiger partial charge in [0, 0.05) is 38.3 Å². The third-order valence-corrected chi connectivity index (χ3v) is 7.70. The summed E-state index contributed by atoms with van der Waals surface area (Å²) in [6, 6.07) is 17.8. The average molecular weight is 598 g/mol. The predicted octanol–water partition coefficient (Wildman–Crippen LogP) is 4.59. The summed E-state index contributed by atoms with van der Waals surface area (Å²) >= 11 is 0. The molecule has 1 saturated heterocycles. The van der Waals surface area contributed by atoms with Gasteiger partial charge >= 0.3 is 18.1 Å². The number of carboxylic acids is 2. The summed E-state index contributed by atoms with van der Waals surface area (Å²) in [6.45, 7) is 4.67. The maximum atomic E-state index is 14.0. The highest BCUT2D eigenvalue weighted by atomic mass is 32.2. The van der Waals surface area contributed by atoms with Crippen LogP contribution in [-0.4, -0.2) is 67.8 Å². The number of anilines is 2. The van der Waals surface area contributed by atoms with E-state index in [-0.39, 0.29) is 22.0 Å². The fourth-order valence-corrected chi connectivity index (χ4v) is 5.41. The number of carbonyl (C=O) groups is 2. The molecule has 3 aromatic carbocycles. The first-order valence-electron chi connectivity index (χ1n) is 12.2. The standard InChI is InChI=1S/C25H26FN3O4S.C2HF3O2/c1-18-6-2-5-9-24(18)34(32,33)27-22-16-19(25(30)31)10-11-23(22)29-14-12-28(13-15-29)17-20-7-3-4-8-21(20)26;3-2(4,5)1(6)7/h2-11,16,27H,12-15,17H2,1H3,(H,30,31);(H,6,7). The number of nitrogens with one attached hydrogen (secondary N) is 1. The molecule has 0 radical (unpaired) electrons. The van der Waals surface area contributed by atoms with Crippen molar-refractivity contribution in [2.24, 2.45) is 0 Å².